The maximum atomic E-state index is 11.7. The number of esters is 2. The van der Waals surface area contributed by atoms with Gasteiger partial charge in [-0.1, -0.05) is 32.1 Å². The van der Waals surface area contributed by atoms with E-state index in [1.807, 2.05) is 0 Å². The van der Waals surface area contributed by atoms with Crippen molar-refractivity contribution in [2.24, 2.45) is 5.41 Å². The van der Waals surface area contributed by atoms with E-state index in [4.69, 9.17) is 9.47 Å². The number of methoxy groups -OCH3 is 1. The normalized spacial score (nSPS) is 20.3. The van der Waals surface area contributed by atoms with Gasteiger partial charge < -0.3 is 14.6 Å². The van der Waals surface area contributed by atoms with Gasteiger partial charge in [0.15, 0.2) is 0 Å². The van der Waals surface area contributed by atoms with Crippen LogP contribution < -0.4 is 0 Å². The quantitative estimate of drug-likeness (QED) is 0.366. The largest absolute Gasteiger partial charge is 0.469 e. The van der Waals surface area contributed by atoms with Gasteiger partial charge in [0.25, 0.3) is 0 Å². The highest BCUT2D eigenvalue weighted by molar-refractivity contribution is 5.79. The first-order valence-corrected chi connectivity index (χ1v) is 10.4. The number of carbonyl (C=O) groups is 2. The highest BCUT2D eigenvalue weighted by atomic mass is 16.6. The van der Waals surface area contributed by atoms with E-state index in [1.54, 1.807) is 0 Å². The number of hydrogen-bond acceptors (Lipinski definition) is 5. The molecule has 0 bridgehead atoms. The van der Waals surface area contributed by atoms with Crippen LogP contribution in [0.2, 0.25) is 0 Å². The highest BCUT2D eigenvalue weighted by Crippen LogP contribution is 2.50. The van der Waals surface area contributed by atoms with Crippen molar-refractivity contribution in [3.8, 4) is 0 Å². The molecule has 2 saturated carbocycles. The van der Waals surface area contributed by atoms with Crippen molar-refractivity contribution in [2.75, 3.05) is 7.11 Å². The Labute approximate surface area is 157 Å². The van der Waals surface area contributed by atoms with Crippen LogP contribution in [0.25, 0.3) is 0 Å². The fourth-order valence-electron chi connectivity index (χ4n) is 3.94. The van der Waals surface area contributed by atoms with Crippen molar-refractivity contribution in [3.63, 3.8) is 0 Å². The Hall–Kier alpha value is -1.10. The van der Waals surface area contributed by atoms with Crippen LogP contribution in [0, 0.1) is 5.41 Å². The second-order valence-corrected chi connectivity index (χ2v) is 8.40. The summed E-state index contributed by atoms with van der Waals surface area (Å²) >= 11 is 0. The zero-order valence-electron chi connectivity index (χ0n) is 16.6. The molecule has 0 aromatic carbocycles. The van der Waals surface area contributed by atoms with Gasteiger partial charge in [-0.3, -0.25) is 9.59 Å². The topological polar surface area (TPSA) is 72.8 Å². The minimum absolute atomic E-state index is 0.0424. The van der Waals surface area contributed by atoms with Crippen LogP contribution in [-0.4, -0.2) is 35.9 Å². The monoisotopic (exact) mass is 368 g/mol. The van der Waals surface area contributed by atoms with Gasteiger partial charge in [-0.05, 0) is 57.8 Å². The lowest BCUT2D eigenvalue weighted by Gasteiger charge is -2.15. The van der Waals surface area contributed by atoms with E-state index in [0.29, 0.717) is 0 Å². The Bertz CT molecular complexity index is 465. The van der Waals surface area contributed by atoms with Crippen LogP contribution in [0.5, 0.6) is 0 Å². The molecule has 0 aromatic heterocycles. The summed E-state index contributed by atoms with van der Waals surface area (Å²) in [5.74, 6) is -0.212. The zero-order valence-corrected chi connectivity index (χ0v) is 16.6. The lowest BCUT2D eigenvalue weighted by atomic mass is 9.97. The lowest BCUT2D eigenvalue weighted by molar-refractivity contribution is -0.149. The van der Waals surface area contributed by atoms with Gasteiger partial charge in [-0.15, -0.1) is 0 Å². The molecule has 2 aliphatic rings. The van der Waals surface area contributed by atoms with Crippen LogP contribution in [0.15, 0.2) is 0 Å². The molecule has 2 rings (SSSR count). The average molecular weight is 369 g/mol. The number of ether oxygens (including phenoxy) is 2. The van der Waals surface area contributed by atoms with E-state index >= 15 is 0 Å². The summed E-state index contributed by atoms with van der Waals surface area (Å²) < 4.78 is 10.3. The summed E-state index contributed by atoms with van der Waals surface area (Å²) in [6.45, 7) is 1.48. The van der Waals surface area contributed by atoms with Gasteiger partial charge in [-0.25, -0.2) is 0 Å². The minimum atomic E-state index is -0.214. The Morgan fingerprint density at radius 3 is 1.96 bits per heavy atom. The minimum Gasteiger partial charge on any atom is -0.469 e. The van der Waals surface area contributed by atoms with E-state index in [9.17, 15) is 14.7 Å². The maximum Gasteiger partial charge on any atom is 0.311 e. The molecule has 5 heteroatoms. The molecule has 0 aromatic rings. The summed E-state index contributed by atoms with van der Waals surface area (Å²) in [6, 6.07) is 0. The number of aliphatic hydroxyl groups is 1. The van der Waals surface area contributed by atoms with Crippen LogP contribution in [0.3, 0.4) is 0 Å². The molecule has 1 unspecified atom stereocenters. The molecule has 2 fully saturated rings. The average Bonchev–Trinajstić information content (AvgIpc) is 3.51. The fraction of sp³-hybridized carbons (Fsp3) is 0.905. The van der Waals surface area contributed by atoms with Gasteiger partial charge in [0.2, 0.25) is 0 Å². The third-order valence-electron chi connectivity index (χ3n) is 6.00. The molecule has 1 N–H and O–H groups in total. The fourth-order valence-corrected chi connectivity index (χ4v) is 3.94. The van der Waals surface area contributed by atoms with Crippen molar-refractivity contribution < 1.29 is 24.2 Å². The third-order valence-corrected chi connectivity index (χ3v) is 6.00. The Kier molecular flexibility index (Phi) is 7.93. The molecule has 5 nitrogen and oxygen atoms in total. The van der Waals surface area contributed by atoms with Crippen LogP contribution >= 0.6 is 0 Å². The van der Waals surface area contributed by atoms with Crippen LogP contribution in [0.1, 0.15) is 96.8 Å². The van der Waals surface area contributed by atoms with Crippen molar-refractivity contribution in [3.05, 3.63) is 0 Å². The molecular formula is C21H36O5. The standard InChI is InChI=1S/C21H36O5/c1-17(22)26-21(15-16-21)12-8-4-6-10-18(23)9-5-3-7-11-20(13-14-20)19(24)25-2/h18,23H,3-16H2,1-2H3. The SMILES string of the molecule is COC(=O)C1(CCCCCC(O)CCCCCC2(OC(C)=O)CC2)CC1. The second kappa shape index (κ2) is 9.72. The van der Waals surface area contributed by atoms with Gasteiger partial charge >= 0.3 is 11.9 Å². The van der Waals surface area contributed by atoms with Crippen molar-refractivity contribution >= 4 is 11.9 Å². The molecular weight excluding hydrogens is 332 g/mol. The van der Waals surface area contributed by atoms with Crippen LogP contribution in [-0.2, 0) is 19.1 Å². The van der Waals surface area contributed by atoms with E-state index in [0.717, 1.165) is 89.9 Å². The highest BCUT2D eigenvalue weighted by Gasteiger charge is 2.50. The first-order chi connectivity index (χ1) is 12.4. The molecule has 0 saturated heterocycles. The van der Waals surface area contributed by atoms with Crippen LogP contribution in [0.4, 0.5) is 0 Å². The summed E-state index contributed by atoms with van der Waals surface area (Å²) in [6.07, 6.45) is 13.7. The molecule has 26 heavy (non-hydrogen) atoms. The Morgan fingerprint density at radius 2 is 1.50 bits per heavy atom. The second-order valence-electron chi connectivity index (χ2n) is 8.40. The van der Waals surface area contributed by atoms with Gasteiger partial charge in [0, 0.05) is 6.92 Å². The molecule has 1 atom stereocenters. The zero-order chi connectivity index (χ0) is 19.0. The van der Waals surface area contributed by atoms with Gasteiger partial charge in [0.05, 0.1) is 18.6 Å². The van der Waals surface area contributed by atoms with E-state index in [2.05, 4.69) is 0 Å². The first kappa shape index (κ1) is 21.2. The molecule has 2 aliphatic carbocycles. The molecule has 0 aliphatic heterocycles. The predicted octanol–water partition coefficient (Wildman–Crippen LogP) is 4.30. The van der Waals surface area contributed by atoms with Crippen molar-refractivity contribution in [1.82, 2.24) is 0 Å². The van der Waals surface area contributed by atoms with E-state index < -0.39 is 0 Å². The smallest absolute Gasteiger partial charge is 0.311 e. The summed E-state index contributed by atoms with van der Waals surface area (Å²) in [7, 11) is 1.47. The number of rotatable bonds is 14. The predicted molar refractivity (Wildman–Crippen MR) is 99.6 cm³/mol. The number of aliphatic hydroxyl groups excluding tert-OH is 1. The Balaban J connectivity index is 1.42. The van der Waals surface area contributed by atoms with E-state index in [-0.39, 0.29) is 29.1 Å². The number of carbonyl (C=O) groups excluding carboxylic acids is 2. The van der Waals surface area contributed by atoms with E-state index in [1.165, 1.54) is 14.0 Å². The third kappa shape index (κ3) is 6.90. The Morgan fingerprint density at radius 1 is 0.923 bits per heavy atom. The van der Waals surface area contributed by atoms with Gasteiger partial charge in [-0.2, -0.15) is 0 Å². The first-order valence-electron chi connectivity index (χ1n) is 10.4. The molecule has 0 spiro atoms. The number of unbranched alkanes of at least 4 members (excludes halogenated alkanes) is 4. The number of hydrogen-bond donors (Lipinski definition) is 1. The molecule has 0 amide bonds. The lowest BCUT2D eigenvalue weighted by Crippen LogP contribution is -2.17. The van der Waals surface area contributed by atoms with Gasteiger partial charge in [0.1, 0.15) is 5.60 Å². The molecule has 0 radical (unpaired) electrons. The maximum absolute atomic E-state index is 11.7. The summed E-state index contributed by atoms with van der Waals surface area (Å²) in [5, 5.41) is 10.1. The molecule has 0 heterocycles. The van der Waals surface area contributed by atoms with Crippen molar-refractivity contribution in [1.29, 1.82) is 0 Å². The summed E-state index contributed by atoms with van der Waals surface area (Å²) in [4.78, 5) is 22.7. The summed E-state index contributed by atoms with van der Waals surface area (Å²) in [5.41, 5.74) is -0.314. The molecule has 150 valence electrons. The van der Waals surface area contributed by atoms with Crippen molar-refractivity contribution in [2.45, 2.75) is 109 Å².